The third-order valence-corrected chi connectivity index (χ3v) is 6.56. The zero-order valence-electron chi connectivity index (χ0n) is 20.8. The number of hydrazine groups is 1. The standard InChI is InChI=1S/C27H26ClN5O4S/c1-18-8-12-22(13-9-18)36-16-24-29-32-27(33(24)21-6-4-3-5-7-21)38-19(2)26(35)31-30-25(34)17-37-23-14-10-20(28)11-15-23/h3-15,19H,16-17H2,1-2H3,(H,30,34)(H,31,35)/t19-/m1/s1. The molecule has 4 aromatic rings. The number of thioether (sulfide) groups is 1. The minimum Gasteiger partial charge on any atom is -0.486 e. The molecule has 0 unspecified atom stereocenters. The lowest BCUT2D eigenvalue weighted by molar-refractivity contribution is -0.129. The van der Waals surface area contributed by atoms with Crippen molar-refractivity contribution in [3.63, 3.8) is 0 Å². The molecule has 4 rings (SSSR count). The van der Waals surface area contributed by atoms with Crippen LogP contribution in [-0.2, 0) is 16.2 Å². The van der Waals surface area contributed by atoms with Crippen LogP contribution in [-0.4, -0.2) is 38.4 Å². The first kappa shape index (κ1) is 27.0. The normalized spacial score (nSPS) is 11.4. The Kier molecular flexibility index (Phi) is 9.23. The van der Waals surface area contributed by atoms with E-state index in [-0.39, 0.29) is 13.2 Å². The highest BCUT2D eigenvalue weighted by Crippen LogP contribution is 2.26. The highest BCUT2D eigenvalue weighted by atomic mass is 35.5. The van der Waals surface area contributed by atoms with E-state index >= 15 is 0 Å². The van der Waals surface area contributed by atoms with Crippen molar-refractivity contribution < 1.29 is 19.1 Å². The highest BCUT2D eigenvalue weighted by molar-refractivity contribution is 8.00. The van der Waals surface area contributed by atoms with Crippen LogP contribution in [0.1, 0.15) is 18.3 Å². The molecule has 0 spiro atoms. The molecule has 1 aromatic heterocycles. The van der Waals surface area contributed by atoms with Gasteiger partial charge in [0.25, 0.3) is 11.8 Å². The maximum absolute atomic E-state index is 12.7. The van der Waals surface area contributed by atoms with Gasteiger partial charge in [-0.05, 0) is 62.4 Å². The molecular weight excluding hydrogens is 526 g/mol. The van der Waals surface area contributed by atoms with Crippen molar-refractivity contribution in [2.75, 3.05) is 6.61 Å². The van der Waals surface area contributed by atoms with Crippen molar-refractivity contribution in [2.45, 2.75) is 30.9 Å². The van der Waals surface area contributed by atoms with Gasteiger partial charge in [0.1, 0.15) is 18.1 Å². The van der Waals surface area contributed by atoms with E-state index in [9.17, 15) is 9.59 Å². The minimum absolute atomic E-state index is 0.190. The molecule has 9 nitrogen and oxygen atoms in total. The van der Waals surface area contributed by atoms with Gasteiger partial charge in [-0.1, -0.05) is 59.3 Å². The van der Waals surface area contributed by atoms with Gasteiger partial charge in [-0.2, -0.15) is 0 Å². The van der Waals surface area contributed by atoms with Gasteiger partial charge in [0.2, 0.25) is 0 Å². The van der Waals surface area contributed by atoms with Gasteiger partial charge in [0.05, 0.1) is 5.25 Å². The van der Waals surface area contributed by atoms with Gasteiger partial charge in [0, 0.05) is 10.7 Å². The summed E-state index contributed by atoms with van der Waals surface area (Å²) in [6.07, 6.45) is 0. The number of nitrogens with one attached hydrogen (secondary N) is 2. The monoisotopic (exact) mass is 551 g/mol. The van der Waals surface area contributed by atoms with Crippen molar-refractivity contribution in [3.05, 3.63) is 95.3 Å². The molecule has 3 aromatic carbocycles. The Morgan fingerprint density at radius 3 is 2.29 bits per heavy atom. The Morgan fingerprint density at radius 1 is 0.921 bits per heavy atom. The number of hydrogen-bond acceptors (Lipinski definition) is 7. The number of hydrogen-bond donors (Lipinski definition) is 2. The van der Waals surface area contributed by atoms with Gasteiger partial charge in [0.15, 0.2) is 17.6 Å². The molecule has 196 valence electrons. The maximum atomic E-state index is 12.7. The average Bonchev–Trinajstić information content (AvgIpc) is 3.33. The van der Waals surface area contributed by atoms with Crippen molar-refractivity contribution in [1.29, 1.82) is 0 Å². The fraction of sp³-hybridized carbons (Fsp3) is 0.185. The topological polar surface area (TPSA) is 107 Å². The number of carbonyl (C=O) groups excluding carboxylic acids is 2. The van der Waals surface area contributed by atoms with Crippen molar-refractivity contribution in [3.8, 4) is 17.2 Å². The Hall–Kier alpha value is -4.02. The van der Waals surface area contributed by atoms with E-state index in [0.29, 0.717) is 21.8 Å². The second-order valence-corrected chi connectivity index (χ2v) is 9.96. The van der Waals surface area contributed by atoms with Gasteiger partial charge in [-0.15, -0.1) is 10.2 Å². The van der Waals surface area contributed by atoms with Gasteiger partial charge in [-0.3, -0.25) is 25.0 Å². The predicted octanol–water partition coefficient (Wildman–Crippen LogP) is 4.52. The number of aromatic nitrogens is 3. The number of rotatable bonds is 10. The summed E-state index contributed by atoms with van der Waals surface area (Å²) in [4.78, 5) is 24.8. The molecule has 0 radical (unpaired) electrons. The number of nitrogens with zero attached hydrogens (tertiary/aromatic N) is 3. The molecule has 0 aliphatic rings. The first-order valence-electron chi connectivity index (χ1n) is 11.7. The Bertz CT molecular complexity index is 1360. The number of halogens is 1. The summed E-state index contributed by atoms with van der Waals surface area (Å²) in [5.74, 6) is 0.876. The van der Waals surface area contributed by atoms with E-state index in [0.717, 1.165) is 17.0 Å². The van der Waals surface area contributed by atoms with Crippen molar-refractivity contribution in [1.82, 2.24) is 25.6 Å². The zero-order chi connectivity index (χ0) is 26.9. The molecule has 11 heteroatoms. The molecule has 0 aliphatic carbocycles. The van der Waals surface area contributed by atoms with Crippen LogP contribution in [0.15, 0.2) is 84.0 Å². The summed E-state index contributed by atoms with van der Waals surface area (Å²) < 4.78 is 13.1. The van der Waals surface area contributed by atoms with Gasteiger partial charge >= 0.3 is 0 Å². The second kappa shape index (κ2) is 13.0. The summed E-state index contributed by atoms with van der Waals surface area (Å²) in [6, 6.07) is 23.9. The zero-order valence-corrected chi connectivity index (χ0v) is 22.3. The van der Waals surface area contributed by atoms with Crippen LogP contribution in [0.25, 0.3) is 5.69 Å². The molecule has 38 heavy (non-hydrogen) atoms. The molecule has 1 atom stereocenters. The number of para-hydroxylation sites is 1. The summed E-state index contributed by atoms with van der Waals surface area (Å²) >= 11 is 7.05. The van der Waals surface area contributed by atoms with Crippen LogP contribution < -0.4 is 20.3 Å². The quantitative estimate of drug-likeness (QED) is 0.220. The summed E-state index contributed by atoms with van der Waals surface area (Å²) in [5, 5.41) is 9.10. The third-order valence-electron chi connectivity index (χ3n) is 5.26. The van der Waals surface area contributed by atoms with Crippen LogP contribution >= 0.6 is 23.4 Å². The molecule has 0 fully saturated rings. The smallest absolute Gasteiger partial charge is 0.276 e. The first-order valence-corrected chi connectivity index (χ1v) is 13.0. The van der Waals surface area contributed by atoms with E-state index in [1.165, 1.54) is 11.8 Å². The number of ether oxygens (including phenoxy) is 2. The molecule has 0 bridgehead atoms. The molecule has 0 aliphatic heterocycles. The number of amides is 2. The average molecular weight is 552 g/mol. The van der Waals surface area contributed by atoms with Gasteiger partial charge in [-0.25, -0.2) is 0 Å². The summed E-state index contributed by atoms with van der Waals surface area (Å²) in [7, 11) is 0. The summed E-state index contributed by atoms with van der Waals surface area (Å²) in [6.45, 7) is 3.64. The minimum atomic E-state index is -0.593. The van der Waals surface area contributed by atoms with E-state index in [2.05, 4.69) is 21.0 Å². The predicted molar refractivity (Wildman–Crippen MR) is 145 cm³/mol. The molecular formula is C27H26ClN5O4S. The van der Waals surface area contributed by atoms with Crippen molar-refractivity contribution >= 4 is 35.2 Å². The number of benzene rings is 3. The van der Waals surface area contributed by atoms with E-state index < -0.39 is 17.1 Å². The lowest BCUT2D eigenvalue weighted by atomic mass is 10.2. The van der Waals surface area contributed by atoms with Crippen LogP contribution in [0.5, 0.6) is 11.5 Å². The molecule has 0 saturated heterocycles. The van der Waals surface area contributed by atoms with Crippen LogP contribution in [0.4, 0.5) is 0 Å². The lowest BCUT2D eigenvalue weighted by Crippen LogP contribution is -2.46. The maximum Gasteiger partial charge on any atom is 0.276 e. The largest absolute Gasteiger partial charge is 0.486 e. The van der Waals surface area contributed by atoms with E-state index in [1.807, 2.05) is 66.1 Å². The first-order chi connectivity index (χ1) is 18.4. The molecule has 2 N–H and O–H groups in total. The van der Waals surface area contributed by atoms with Crippen LogP contribution in [0, 0.1) is 6.92 Å². The molecule has 0 saturated carbocycles. The highest BCUT2D eigenvalue weighted by Gasteiger charge is 2.22. The van der Waals surface area contributed by atoms with Crippen LogP contribution in [0.2, 0.25) is 5.02 Å². The Morgan fingerprint density at radius 2 is 1.58 bits per heavy atom. The summed E-state index contributed by atoms with van der Waals surface area (Å²) in [5.41, 5.74) is 6.76. The lowest BCUT2D eigenvalue weighted by Gasteiger charge is -2.15. The number of carbonyl (C=O) groups is 2. The van der Waals surface area contributed by atoms with E-state index in [4.69, 9.17) is 21.1 Å². The van der Waals surface area contributed by atoms with Crippen molar-refractivity contribution in [2.24, 2.45) is 0 Å². The Labute approximate surface area is 229 Å². The van der Waals surface area contributed by atoms with Crippen LogP contribution in [0.3, 0.4) is 0 Å². The fourth-order valence-electron chi connectivity index (χ4n) is 3.25. The molecule has 1 heterocycles. The second-order valence-electron chi connectivity index (χ2n) is 8.21. The van der Waals surface area contributed by atoms with E-state index in [1.54, 1.807) is 31.2 Å². The third kappa shape index (κ3) is 7.50. The SMILES string of the molecule is Cc1ccc(OCc2nnc(S[C@H](C)C(=O)NNC(=O)COc3ccc(Cl)cc3)n2-c2ccccc2)cc1. The number of aryl methyl sites for hydroxylation is 1. The van der Waals surface area contributed by atoms with Gasteiger partial charge < -0.3 is 9.47 Å². The molecule has 2 amide bonds. The fourth-order valence-corrected chi connectivity index (χ4v) is 4.26. The Balaban J connectivity index is 1.36.